The zero-order valence-corrected chi connectivity index (χ0v) is 17.0. The van der Waals surface area contributed by atoms with E-state index in [2.05, 4.69) is 23.7 Å². The number of thioether (sulfide) groups is 1. The van der Waals surface area contributed by atoms with Gasteiger partial charge in [0, 0.05) is 29.5 Å². The van der Waals surface area contributed by atoms with Crippen LogP contribution in [-0.2, 0) is 4.74 Å². The molecule has 1 atom stereocenters. The Morgan fingerprint density at radius 1 is 1.50 bits per heavy atom. The van der Waals surface area contributed by atoms with Gasteiger partial charge < -0.3 is 14.4 Å². The van der Waals surface area contributed by atoms with Crippen molar-refractivity contribution in [3.8, 4) is 5.75 Å². The fraction of sp³-hybridized carbons (Fsp3) is 0.579. The molecule has 142 valence electrons. The van der Waals surface area contributed by atoms with Crippen LogP contribution in [0.3, 0.4) is 0 Å². The summed E-state index contributed by atoms with van der Waals surface area (Å²) in [5, 5.41) is 1.26. The molecule has 2 heterocycles. The maximum Gasteiger partial charge on any atom is 0.283 e. The lowest BCUT2D eigenvalue weighted by molar-refractivity contribution is 0.0468. The smallest absolute Gasteiger partial charge is 0.283 e. The Bertz CT molecular complexity index is 702. The highest BCUT2D eigenvalue weighted by Crippen LogP contribution is 2.37. The first-order chi connectivity index (χ1) is 12.4. The second-order valence-electron chi connectivity index (χ2n) is 7.37. The average molecular weight is 397 g/mol. The standard InChI is InChI=1S/C19H25ClN2O3S/c1-19(2)12-22(10-13-5-4-8-25-11-13)18(26-19)21-17(23)15-9-14(20)6-7-16(15)24-3/h6-7,9,13H,4-5,8,10-12H2,1-3H3/b21-18-. The zero-order chi connectivity index (χ0) is 18.7. The number of carbonyl (C=O) groups excluding carboxylic acids is 1. The van der Waals surface area contributed by atoms with Crippen LogP contribution in [0.4, 0.5) is 0 Å². The molecule has 1 aromatic carbocycles. The number of amidine groups is 1. The van der Waals surface area contributed by atoms with E-state index in [0.29, 0.717) is 22.3 Å². The predicted molar refractivity (Wildman–Crippen MR) is 107 cm³/mol. The van der Waals surface area contributed by atoms with E-state index >= 15 is 0 Å². The Morgan fingerprint density at radius 2 is 2.31 bits per heavy atom. The number of amides is 1. The Balaban J connectivity index is 1.82. The molecule has 0 aliphatic carbocycles. The quantitative estimate of drug-likeness (QED) is 0.766. The van der Waals surface area contributed by atoms with E-state index in [1.165, 1.54) is 7.11 Å². The molecule has 2 saturated heterocycles. The van der Waals surface area contributed by atoms with Crippen molar-refractivity contribution >= 4 is 34.4 Å². The van der Waals surface area contributed by atoms with Gasteiger partial charge in [-0.3, -0.25) is 4.79 Å². The van der Waals surface area contributed by atoms with Gasteiger partial charge in [-0.05, 0) is 50.8 Å². The largest absolute Gasteiger partial charge is 0.496 e. The van der Waals surface area contributed by atoms with E-state index in [9.17, 15) is 4.79 Å². The number of rotatable bonds is 4. The second-order valence-corrected chi connectivity index (χ2v) is 9.48. The van der Waals surface area contributed by atoms with Gasteiger partial charge >= 0.3 is 0 Å². The van der Waals surface area contributed by atoms with Crippen LogP contribution in [0.5, 0.6) is 5.75 Å². The van der Waals surface area contributed by atoms with Crippen LogP contribution < -0.4 is 4.74 Å². The van der Waals surface area contributed by atoms with Crippen LogP contribution in [0.2, 0.25) is 5.02 Å². The Hall–Kier alpha value is -1.24. The lowest BCUT2D eigenvalue weighted by atomic mass is 10.0. The van der Waals surface area contributed by atoms with Crippen molar-refractivity contribution < 1.29 is 14.3 Å². The molecular formula is C19H25ClN2O3S. The normalized spacial score (nSPS) is 24.1. The van der Waals surface area contributed by atoms with Crippen LogP contribution in [-0.4, -0.2) is 54.1 Å². The molecule has 2 fully saturated rings. The van der Waals surface area contributed by atoms with Crippen LogP contribution >= 0.6 is 23.4 Å². The molecule has 1 amide bonds. The lowest BCUT2D eigenvalue weighted by Crippen LogP contribution is -2.36. The third-order valence-electron chi connectivity index (χ3n) is 4.53. The molecule has 0 bridgehead atoms. The van der Waals surface area contributed by atoms with Gasteiger partial charge in [0.05, 0.1) is 19.3 Å². The van der Waals surface area contributed by atoms with E-state index in [-0.39, 0.29) is 10.7 Å². The van der Waals surface area contributed by atoms with E-state index in [1.807, 2.05) is 0 Å². The molecule has 0 N–H and O–H groups in total. The Morgan fingerprint density at radius 3 is 3.00 bits per heavy atom. The van der Waals surface area contributed by atoms with Crippen LogP contribution in [0.15, 0.2) is 23.2 Å². The molecule has 1 unspecified atom stereocenters. The lowest BCUT2D eigenvalue weighted by Gasteiger charge is -2.28. The van der Waals surface area contributed by atoms with E-state index in [0.717, 1.165) is 44.3 Å². The summed E-state index contributed by atoms with van der Waals surface area (Å²) in [4.78, 5) is 19.4. The van der Waals surface area contributed by atoms with E-state index in [4.69, 9.17) is 21.1 Å². The van der Waals surface area contributed by atoms with Gasteiger partial charge in [0.2, 0.25) is 0 Å². The summed E-state index contributed by atoms with van der Waals surface area (Å²) in [6.45, 7) is 7.72. The Labute approximate surface area is 164 Å². The molecule has 5 nitrogen and oxygen atoms in total. The molecule has 2 aliphatic heterocycles. The molecular weight excluding hydrogens is 372 g/mol. The van der Waals surface area contributed by atoms with Crippen molar-refractivity contribution in [2.75, 3.05) is 33.4 Å². The molecule has 26 heavy (non-hydrogen) atoms. The number of benzene rings is 1. The first-order valence-corrected chi connectivity index (χ1v) is 10.1. The molecule has 0 aromatic heterocycles. The highest BCUT2D eigenvalue weighted by atomic mass is 35.5. The van der Waals surface area contributed by atoms with Crippen LogP contribution in [0.1, 0.15) is 37.0 Å². The monoisotopic (exact) mass is 396 g/mol. The first-order valence-electron chi connectivity index (χ1n) is 8.86. The van der Waals surface area contributed by atoms with Gasteiger partial charge in [0.1, 0.15) is 5.75 Å². The highest BCUT2D eigenvalue weighted by molar-refractivity contribution is 8.15. The molecule has 1 aromatic rings. The predicted octanol–water partition coefficient (Wildman–Crippen LogP) is 4.10. The minimum absolute atomic E-state index is 0.0209. The molecule has 7 heteroatoms. The molecule has 0 saturated carbocycles. The first kappa shape index (κ1) is 19.5. The summed E-state index contributed by atoms with van der Waals surface area (Å²) < 4.78 is 10.9. The number of halogens is 1. The SMILES string of the molecule is COc1ccc(Cl)cc1C(=O)/N=C1\SC(C)(C)CN1CC1CCCOC1. The molecule has 2 aliphatic rings. The van der Waals surface area contributed by atoms with Gasteiger partial charge in [0.15, 0.2) is 5.17 Å². The van der Waals surface area contributed by atoms with E-state index in [1.54, 1.807) is 30.0 Å². The third kappa shape index (κ3) is 4.72. The number of ether oxygens (including phenoxy) is 2. The van der Waals surface area contributed by atoms with Crippen LogP contribution in [0.25, 0.3) is 0 Å². The summed E-state index contributed by atoms with van der Waals surface area (Å²) in [5.74, 6) is 0.645. The van der Waals surface area contributed by atoms with Gasteiger partial charge in [-0.15, -0.1) is 0 Å². The average Bonchev–Trinajstić information content (AvgIpc) is 2.89. The fourth-order valence-corrected chi connectivity index (χ4v) is 4.65. The number of methoxy groups -OCH3 is 1. The molecule has 0 spiro atoms. The zero-order valence-electron chi connectivity index (χ0n) is 15.5. The summed E-state index contributed by atoms with van der Waals surface area (Å²) >= 11 is 7.70. The van der Waals surface area contributed by atoms with Gasteiger partial charge in [0.25, 0.3) is 5.91 Å². The number of nitrogens with zero attached hydrogens (tertiary/aromatic N) is 2. The number of aliphatic imine (C=N–C) groups is 1. The van der Waals surface area contributed by atoms with Crippen molar-refractivity contribution in [2.45, 2.75) is 31.4 Å². The summed E-state index contributed by atoms with van der Waals surface area (Å²) in [7, 11) is 1.54. The summed E-state index contributed by atoms with van der Waals surface area (Å²) in [5.41, 5.74) is 0.388. The maximum absolute atomic E-state index is 12.8. The van der Waals surface area contributed by atoms with Crippen molar-refractivity contribution in [3.05, 3.63) is 28.8 Å². The van der Waals surface area contributed by atoms with Crippen molar-refractivity contribution in [2.24, 2.45) is 10.9 Å². The number of carbonyl (C=O) groups is 1. The van der Waals surface area contributed by atoms with Crippen molar-refractivity contribution in [1.82, 2.24) is 4.90 Å². The Kier molecular flexibility index (Phi) is 6.15. The summed E-state index contributed by atoms with van der Waals surface area (Å²) in [6, 6.07) is 5.00. The van der Waals surface area contributed by atoms with Gasteiger partial charge in [-0.2, -0.15) is 4.99 Å². The topological polar surface area (TPSA) is 51.1 Å². The molecule has 3 rings (SSSR count). The minimum Gasteiger partial charge on any atom is -0.496 e. The number of hydrogen-bond donors (Lipinski definition) is 0. The van der Waals surface area contributed by atoms with Gasteiger partial charge in [-0.1, -0.05) is 23.4 Å². The maximum atomic E-state index is 12.8. The van der Waals surface area contributed by atoms with Crippen molar-refractivity contribution in [1.29, 1.82) is 0 Å². The van der Waals surface area contributed by atoms with Crippen molar-refractivity contribution in [3.63, 3.8) is 0 Å². The number of hydrogen-bond acceptors (Lipinski definition) is 4. The third-order valence-corrected chi connectivity index (χ3v) is 5.98. The highest BCUT2D eigenvalue weighted by Gasteiger charge is 2.37. The van der Waals surface area contributed by atoms with Crippen LogP contribution in [0, 0.1) is 5.92 Å². The molecule has 0 radical (unpaired) electrons. The minimum atomic E-state index is -0.325. The second kappa shape index (κ2) is 8.19. The fourth-order valence-electron chi connectivity index (χ4n) is 3.36. The van der Waals surface area contributed by atoms with Gasteiger partial charge in [-0.25, -0.2) is 0 Å². The van der Waals surface area contributed by atoms with E-state index < -0.39 is 0 Å². The summed E-state index contributed by atoms with van der Waals surface area (Å²) in [6.07, 6.45) is 2.26.